The summed E-state index contributed by atoms with van der Waals surface area (Å²) in [4.78, 5) is 14.9. The van der Waals surface area contributed by atoms with Gasteiger partial charge in [-0.2, -0.15) is 0 Å². The van der Waals surface area contributed by atoms with Crippen molar-refractivity contribution in [3.8, 4) is 0 Å². The van der Waals surface area contributed by atoms with Crippen molar-refractivity contribution in [2.24, 2.45) is 7.05 Å². The van der Waals surface area contributed by atoms with E-state index in [0.29, 0.717) is 43.4 Å². The van der Waals surface area contributed by atoms with Crippen LogP contribution in [0.5, 0.6) is 0 Å². The smallest absolute Gasteiger partial charge is 0.264 e. The first-order valence-corrected chi connectivity index (χ1v) is 10.7. The Labute approximate surface area is 166 Å². The third-order valence-electron chi connectivity index (χ3n) is 5.33. The number of carbonyl (C=O) groups is 1. The minimum absolute atomic E-state index is 0.0453. The van der Waals surface area contributed by atoms with Crippen LogP contribution in [-0.2, 0) is 21.8 Å². The lowest BCUT2D eigenvalue weighted by Gasteiger charge is -2.27. The lowest BCUT2D eigenvalue weighted by atomic mass is 10.1. The van der Waals surface area contributed by atoms with Gasteiger partial charge in [0.1, 0.15) is 4.90 Å². The fourth-order valence-corrected chi connectivity index (χ4v) is 5.20. The lowest BCUT2D eigenvalue weighted by molar-refractivity contribution is 0.0300. The number of rotatable bonds is 4. The molecule has 1 amide bonds. The predicted molar refractivity (Wildman–Crippen MR) is 108 cm³/mol. The van der Waals surface area contributed by atoms with Crippen molar-refractivity contribution < 1.29 is 17.9 Å². The highest BCUT2D eigenvalue weighted by Crippen LogP contribution is 2.30. The normalized spacial score (nSPS) is 15.0. The van der Waals surface area contributed by atoms with Crippen LogP contribution in [0.2, 0.25) is 0 Å². The lowest BCUT2D eigenvalue weighted by Crippen LogP contribution is -2.41. The van der Waals surface area contributed by atoms with Crippen LogP contribution in [0, 0.1) is 27.7 Å². The molecule has 1 aliphatic rings. The number of hydrogen-bond donors (Lipinski definition) is 1. The monoisotopic (exact) mass is 405 g/mol. The zero-order valence-corrected chi connectivity index (χ0v) is 17.8. The molecule has 2 heterocycles. The Hall–Kier alpha value is -2.32. The molecule has 7 nitrogen and oxygen atoms in total. The van der Waals surface area contributed by atoms with E-state index in [1.807, 2.05) is 26.0 Å². The van der Waals surface area contributed by atoms with Gasteiger partial charge in [0.05, 0.1) is 24.5 Å². The van der Waals surface area contributed by atoms with E-state index in [2.05, 4.69) is 4.72 Å². The number of nitrogens with one attached hydrogen (secondary N) is 1. The number of anilines is 1. The fourth-order valence-electron chi connectivity index (χ4n) is 3.55. The first-order valence-electron chi connectivity index (χ1n) is 9.26. The molecule has 1 aliphatic heterocycles. The van der Waals surface area contributed by atoms with Crippen molar-refractivity contribution in [3.05, 3.63) is 46.3 Å². The summed E-state index contributed by atoms with van der Waals surface area (Å²) in [7, 11) is -2.17. The maximum atomic E-state index is 13.3. The van der Waals surface area contributed by atoms with E-state index in [1.54, 1.807) is 36.4 Å². The first kappa shape index (κ1) is 20.4. The van der Waals surface area contributed by atoms with Gasteiger partial charge in [-0.25, -0.2) is 8.42 Å². The van der Waals surface area contributed by atoms with Crippen LogP contribution in [0.3, 0.4) is 0 Å². The quantitative estimate of drug-likeness (QED) is 0.848. The molecule has 1 aromatic heterocycles. The summed E-state index contributed by atoms with van der Waals surface area (Å²) in [6, 6.07) is 5.52. The van der Waals surface area contributed by atoms with Gasteiger partial charge < -0.3 is 14.2 Å². The SMILES string of the molecule is Cc1ccc(NS(=O)(=O)c2c(C(=O)N3CCOCC3)c(C)n(C)c2C)c(C)c1. The number of morpholine rings is 1. The number of aromatic nitrogens is 1. The second kappa shape index (κ2) is 7.60. The first-order chi connectivity index (χ1) is 13.1. The fraction of sp³-hybridized carbons (Fsp3) is 0.450. The van der Waals surface area contributed by atoms with Crippen LogP contribution in [0.25, 0.3) is 0 Å². The minimum atomic E-state index is -3.94. The minimum Gasteiger partial charge on any atom is -0.378 e. The summed E-state index contributed by atoms with van der Waals surface area (Å²) in [6.45, 7) is 9.13. The molecule has 152 valence electrons. The number of nitrogens with zero attached hydrogens (tertiary/aromatic N) is 2. The van der Waals surface area contributed by atoms with E-state index in [0.717, 1.165) is 11.1 Å². The molecule has 0 saturated carbocycles. The van der Waals surface area contributed by atoms with Gasteiger partial charge in [-0.15, -0.1) is 0 Å². The topological polar surface area (TPSA) is 80.6 Å². The van der Waals surface area contributed by atoms with Gasteiger partial charge >= 0.3 is 0 Å². The average Bonchev–Trinajstić information content (AvgIpc) is 2.89. The number of ether oxygens (including phenoxy) is 1. The van der Waals surface area contributed by atoms with Crippen molar-refractivity contribution in [2.75, 3.05) is 31.0 Å². The summed E-state index contributed by atoms with van der Waals surface area (Å²) in [5.41, 5.74) is 3.79. The third kappa shape index (κ3) is 3.66. The third-order valence-corrected chi connectivity index (χ3v) is 6.86. The summed E-state index contributed by atoms with van der Waals surface area (Å²) in [5.74, 6) is -0.273. The molecule has 0 aliphatic carbocycles. The van der Waals surface area contributed by atoms with Gasteiger partial charge in [0.25, 0.3) is 15.9 Å². The average molecular weight is 406 g/mol. The van der Waals surface area contributed by atoms with Gasteiger partial charge in [0.15, 0.2) is 0 Å². The predicted octanol–water partition coefficient (Wildman–Crippen LogP) is 2.53. The van der Waals surface area contributed by atoms with E-state index in [4.69, 9.17) is 4.74 Å². The molecule has 2 aromatic rings. The highest BCUT2D eigenvalue weighted by Gasteiger charge is 2.33. The Morgan fingerprint density at radius 1 is 1.07 bits per heavy atom. The molecular formula is C20H27N3O4S. The maximum absolute atomic E-state index is 13.3. The van der Waals surface area contributed by atoms with E-state index < -0.39 is 10.0 Å². The molecule has 8 heteroatoms. The number of benzene rings is 1. The maximum Gasteiger partial charge on any atom is 0.264 e. The van der Waals surface area contributed by atoms with Crippen LogP contribution in [0.1, 0.15) is 32.9 Å². The molecule has 1 N–H and O–H groups in total. The van der Waals surface area contributed by atoms with Gasteiger partial charge in [0, 0.05) is 31.5 Å². The molecule has 1 fully saturated rings. The molecule has 1 saturated heterocycles. The Morgan fingerprint density at radius 3 is 2.32 bits per heavy atom. The van der Waals surface area contributed by atoms with Crippen LogP contribution in [0.15, 0.2) is 23.1 Å². The summed E-state index contributed by atoms with van der Waals surface area (Å²) < 4.78 is 36.4. The number of aryl methyl sites for hydroxylation is 2. The van der Waals surface area contributed by atoms with Crippen molar-refractivity contribution in [1.82, 2.24) is 9.47 Å². The van der Waals surface area contributed by atoms with Gasteiger partial charge in [0.2, 0.25) is 0 Å². The molecule has 3 rings (SSSR count). The Balaban J connectivity index is 2.07. The van der Waals surface area contributed by atoms with Gasteiger partial charge in [-0.1, -0.05) is 17.7 Å². The molecule has 0 atom stereocenters. The number of carbonyl (C=O) groups excluding carboxylic acids is 1. The zero-order valence-electron chi connectivity index (χ0n) is 17.0. The number of sulfonamides is 1. The summed E-state index contributed by atoms with van der Waals surface area (Å²) in [5, 5.41) is 0. The molecule has 0 unspecified atom stereocenters. The largest absolute Gasteiger partial charge is 0.378 e. The number of amides is 1. The number of hydrogen-bond acceptors (Lipinski definition) is 4. The van der Waals surface area contributed by atoms with Crippen LogP contribution in [0.4, 0.5) is 5.69 Å². The van der Waals surface area contributed by atoms with Crippen molar-refractivity contribution in [1.29, 1.82) is 0 Å². The van der Waals surface area contributed by atoms with E-state index in [1.165, 1.54) is 0 Å². The van der Waals surface area contributed by atoms with Gasteiger partial charge in [-0.05, 0) is 39.3 Å². The van der Waals surface area contributed by atoms with Crippen molar-refractivity contribution >= 4 is 21.6 Å². The second-order valence-corrected chi connectivity index (χ2v) is 8.88. The van der Waals surface area contributed by atoms with Gasteiger partial charge in [-0.3, -0.25) is 9.52 Å². The van der Waals surface area contributed by atoms with Crippen LogP contribution < -0.4 is 4.72 Å². The Morgan fingerprint density at radius 2 is 1.71 bits per heavy atom. The molecule has 0 bridgehead atoms. The van der Waals surface area contributed by atoms with Crippen molar-refractivity contribution in [3.63, 3.8) is 0 Å². The van der Waals surface area contributed by atoms with Crippen LogP contribution in [-0.4, -0.2) is 50.1 Å². The molecule has 0 radical (unpaired) electrons. The van der Waals surface area contributed by atoms with Crippen molar-refractivity contribution in [2.45, 2.75) is 32.6 Å². The summed E-state index contributed by atoms with van der Waals surface area (Å²) in [6.07, 6.45) is 0. The Bertz CT molecular complexity index is 1020. The highest BCUT2D eigenvalue weighted by atomic mass is 32.2. The molecule has 28 heavy (non-hydrogen) atoms. The summed E-state index contributed by atoms with van der Waals surface area (Å²) >= 11 is 0. The van der Waals surface area contributed by atoms with Crippen LogP contribution >= 0.6 is 0 Å². The standard InChI is InChI=1S/C20H27N3O4S/c1-13-6-7-17(14(2)12-13)21-28(25,26)19-16(4)22(5)15(3)18(19)20(24)23-8-10-27-11-9-23/h6-7,12,21H,8-11H2,1-5H3. The highest BCUT2D eigenvalue weighted by molar-refractivity contribution is 7.92. The Kier molecular flexibility index (Phi) is 5.54. The van der Waals surface area contributed by atoms with E-state index in [-0.39, 0.29) is 16.4 Å². The molecular weight excluding hydrogens is 378 g/mol. The van der Waals surface area contributed by atoms with E-state index >= 15 is 0 Å². The molecule has 1 aromatic carbocycles. The second-order valence-electron chi connectivity index (χ2n) is 7.26. The van der Waals surface area contributed by atoms with E-state index in [9.17, 15) is 13.2 Å². The molecule has 0 spiro atoms. The zero-order chi connectivity index (χ0) is 20.6.